The van der Waals surface area contributed by atoms with Gasteiger partial charge in [0.05, 0.1) is 5.69 Å². The molecule has 0 saturated heterocycles. The number of benzene rings is 2. The molecule has 1 fully saturated rings. The summed E-state index contributed by atoms with van der Waals surface area (Å²) in [5.74, 6) is -11.1. The fourth-order valence-electron chi connectivity index (χ4n) is 7.26. The molecule has 1 saturated carbocycles. The molecule has 1 aliphatic heterocycles. The van der Waals surface area contributed by atoms with Crippen LogP contribution in [0.2, 0.25) is 0 Å². The third kappa shape index (κ3) is 4.36. The fraction of sp³-hybridized carbons (Fsp3) is 0.290. The van der Waals surface area contributed by atoms with Crippen molar-refractivity contribution in [3.05, 3.63) is 93.7 Å². The van der Waals surface area contributed by atoms with Gasteiger partial charge in [0.15, 0.2) is 0 Å². The number of hydrogen-bond acceptors (Lipinski definition) is 7. The largest absolute Gasteiger partial charge is 0.383 e. The van der Waals surface area contributed by atoms with E-state index in [2.05, 4.69) is 25.5 Å². The van der Waals surface area contributed by atoms with E-state index < -0.39 is 71.5 Å². The van der Waals surface area contributed by atoms with E-state index in [-0.39, 0.29) is 58.4 Å². The van der Waals surface area contributed by atoms with Crippen LogP contribution in [0.4, 0.5) is 32.2 Å². The van der Waals surface area contributed by atoms with Gasteiger partial charge in [-0.15, -0.1) is 0 Å². The van der Waals surface area contributed by atoms with Crippen LogP contribution in [0.5, 0.6) is 0 Å². The molecule has 0 radical (unpaired) electrons. The number of fused-ring (bicyclic) bond motifs is 5. The second-order valence-corrected chi connectivity index (χ2v) is 12.2. The number of nitrogens with one attached hydrogen (secondary N) is 1. The minimum Gasteiger partial charge on any atom is -0.383 e. The van der Waals surface area contributed by atoms with Crippen molar-refractivity contribution in [1.82, 2.24) is 34.7 Å². The topological polar surface area (TPSA) is 159 Å². The van der Waals surface area contributed by atoms with Crippen molar-refractivity contribution in [2.45, 2.75) is 49.6 Å². The summed E-state index contributed by atoms with van der Waals surface area (Å²) in [6, 6.07) is 5.38. The number of nitrogens with zero attached hydrogens (tertiary/aromatic N) is 6. The minimum atomic E-state index is -3.64. The molecule has 0 bridgehead atoms. The lowest BCUT2D eigenvalue weighted by atomic mass is 9.84. The summed E-state index contributed by atoms with van der Waals surface area (Å²) >= 11 is 0. The van der Waals surface area contributed by atoms with Gasteiger partial charge in [-0.3, -0.25) is 9.59 Å². The van der Waals surface area contributed by atoms with Gasteiger partial charge in [-0.2, -0.15) is 28.5 Å². The first-order valence-corrected chi connectivity index (χ1v) is 14.8. The number of halogens is 6. The molecule has 17 heteroatoms. The van der Waals surface area contributed by atoms with Crippen LogP contribution in [-0.2, 0) is 23.7 Å². The van der Waals surface area contributed by atoms with Gasteiger partial charge >= 0.3 is 0 Å². The Bertz CT molecular complexity index is 2180. The van der Waals surface area contributed by atoms with Crippen molar-refractivity contribution in [1.29, 1.82) is 0 Å². The minimum absolute atomic E-state index is 0.0314. The number of carbonyl (C=O) groups excluding carboxylic acids is 2. The highest BCUT2D eigenvalue weighted by molar-refractivity contribution is 6.00. The molecule has 48 heavy (non-hydrogen) atoms. The number of aromatic nitrogens is 6. The Morgan fingerprint density at radius 2 is 1.85 bits per heavy atom. The first kappa shape index (κ1) is 29.9. The molecule has 5 aromatic rings. The summed E-state index contributed by atoms with van der Waals surface area (Å²) < 4.78 is 91.0. The van der Waals surface area contributed by atoms with Crippen molar-refractivity contribution in [3.63, 3.8) is 0 Å². The molecule has 11 nitrogen and oxygen atoms in total. The van der Waals surface area contributed by atoms with Gasteiger partial charge in [-0.05, 0) is 53.6 Å². The molecule has 1 unspecified atom stereocenters. The van der Waals surface area contributed by atoms with Crippen LogP contribution in [0.15, 0.2) is 42.7 Å². The summed E-state index contributed by atoms with van der Waals surface area (Å²) in [7, 11) is 0. The second-order valence-electron chi connectivity index (χ2n) is 12.2. The zero-order valence-corrected chi connectivity index (χ0v) is 24.5. The molecule has 8 rings (SSSR count). The van der Waals surface area contributed by atoms with Crippen LogP contribution < -0.4 is 16.8 Å². The van der Waals surface area contributed by atoms with Crippen LogP contribution >= 0.6 is 0 Å². The van der Waals surface area contributed by atoms with Gasteiger partial charge in [0.25, 0.3) is 24.0 Å². The molecule has 0 spiro atoms. The predicted molar refractivity (Wildman–Crippen MR) is 155 cm³/mol. The quantitative estimate of drug-likeness (QED) is 0.208. The Labute approximate surface area is 265 Å². The highest BCUT2D eigenvalue weighted by Gasteiger charge is 2.67. The molecule has 3 aliphatic rings. The molecular formula is C31H23F6N9O2. The Hall–Kier alpha value is -5.48. The third-order valence-electron chi connectivity index (χ3n) is 9.36. The summed E-state index contributed by atoms with van der Waals surface area (Å²) in [6.07, 6.45) is -2.63. The van der Waals surface area contributed by atoms with Crippen LogP contribution in [0.25, 0.3) is 16.9 Å². The number of primary amides is 1. The lowest BCUT2D eigenvalue weighted by Gasteiger charge is -2.29. The first-order valence-electron chi connectivity index (χ1n) is 14.8. The molecule has 2 aromatic carbocycles. The van der Waals surface area contributed by atoms with E-state index in [9.17, 15) is 27.2 Å². The lowest BCUT2D eigenvalue weighted by molar-refractivity contribution is -0.122. The van der Waals surface area contributed by atoms with E-state index in [1.54, 1.807) is 12.1 Å². The first-order chi connectivity index (χ1) is 22.8. The van der Waals surface area contributed by atoms with Crippen LogP contribution in [0.3, 0.4) is 0 Å². The predicted octanol–water partition coefficient (Wildman–Crippen LogP) is 4.29. The Balaban J connectivity index is 1.41. The third-order valence-corrected chi connectivity index (χ3v) is 9.36. The summed E-state index contributed by atoms with van der Waals surface area (Å²) in [6.45, 7) is 0.266. The van der Waals surface area contributed by atoms with Gasteiger partial charge in [0, 0.05) is 41.1 Å². The number of hydrogen-bond donors (Lipinski definition) is 3. The Kier molecular flexibility index (Phi) is 6.39. The van der Waals surface area contributed by atoms with Crippen molar-refractivity contribution in [2.75, 3.05) is 5.73 Å². The maximum atomic E-state index is 15.8. The SMILES string of the molecule is NC(=O)C([C@H](Cc1cc(F)cc(F)c1)c1nc2ncnn2c(N)c1-c1ccc2c(c1)C(=O)NC2)n1nc(C(F)F)c2c1C(F)(F)[C@@H]1C[C@H]21. The number of nitrogen functional groups attached to an aromatic ring is 1. The Morgan fingerprint density at radius 1 is 1.10 bits per heavy atom. The molecular weight excluding hydrogens is 644 g/mol. The summed E-state index contributed by atoms with van der Waals surface area (Å²) in [5, 5.41) is 10.7. The number of alkyl halides is 4. The zero-order chi connectivity index (χ0) is 33.8. The van der Waals surface area contributed by atoms with Crippen molar-refractivity contribution >= 4 is 23.4 Å². The van der Waals surface area contributed by atoms with Crippen molar-refractivity contribution in [3.8, 4) is 11.1 Å². The van der Waals surface area contributed by atoms with Crippen LogP contribution in [-0.4, -0.2) is 41.2 Å². The molecule has 2 amide bonds. The van der Waals surface area contributed by atoms with Gasteiger partial charge < -0.3 is 16.8 Å². The molecule has 4 heterocycles. The molecule has 246 valence electrons. The molecule has 5 N–H and O–H groups in total. The zero-order valence-electron chi connectivity index (χ0n) is 24.5. The number of rotatable bonds is 8. The average Bonchev–Trinajstić information content (AvgIpc) is 3.26. The smallest absolute Gasteiger partial charge is 0.293 e. The number of nitrogens with two attached hydrogens (primary N) is 2. The van der Waals surface area contributed by atoms with Gasteiger partial charge in [-0.25, -0.2) is 27.2 Å². The normalized spacial score (nSPS) is 20.0. The van der Waals surface area contributed by atoms with Crippen LogP contribution in [0.1, 0.15) is 74.9 Å². The number of carbonyl (C=O) groups is 2. The lowest BCUT2D eigenvalue weighted by Crippen LogP contribution is -2.37. The maximum Gasteiger partial charge on any atom is 0.293 e. The van der Waals surface area contributed by atoms with E-state index in [0.717, 1.165) is 23.0 Å². The standard InChI is InChI=1S/C31H23F6N9O2/c32-14-3-11(4-15(33)7-14)5-18(24(28(39)47)45-25-21(23(44-45)26(34)35)17-8-19(17)31(25,36)37)22-20(27(38)46-30(43-22)41-10-42-46)12-1-2-13-9-40-29(48)16(13)6-12/h1-4,6-7,10,17-19,24,26H,5,8-9,38H2,(H2,39,47)(H,40,48)/t17-,18+,19+,24?/m0/s1. The highest BCUT2D eigenvalue weighted by atomic mass is 19.3. The van der Waals surface area contributed by atoms with Crippen molar-refractivity contribution < 1.29 is 35.9 Å². The summed E-state index contributed by atoms with van der Waals surface area (Å²) in [5.41, 5.74) is 11.6. The Morgan fingerprint density at radius 3 is 2.56 bits per heavy atom. The van der Waals surface area contributed by atoms with E-state index in [4.69, 9.17) is 11.5 Å². The van der Waals surface area contributed by atoms with Crippen molar-refractivity contribution in [2.24, 2.45) is 11.7 Å². The highest BCUT2D eigenvalue weighted by Crippen LogP contribution is 2.68. The summed E-state index contributed by atoms with van der Waals surface area (Å²) in [4.78, 5) is 34.8. The maximum absolute atomic E-state index is 15.8. The van der Waals surface area contributed by atoms with E-state index in [1.807, 2.05) is 0 Å². The van der Waals surface area contributed by atoms with Gasteiger partial charge in [0.1, 0.15) is 41.2 Å². The van der Waals surface area contributed by atoms with Crippen LogP contribution in [0, 0.1) is 17.6 Å². The molecule has 4 atom stereocenters. The second kappa shape index (κ2) is 10.3. The van der Waals surface area contributed by atoms with E-state index in [0.29, 0.717) is 21.9 Å². The van der Waals surface area contributed by atoms with E-state index >= 15 is 8.78 Å². The monoisotopic (exact) mass is 667 g/mol. The average molecular weight is 668 g/mol. The van der Waals surface area contributed by atoms with E-state index in [1.165, 1.54) is 6.07 Å². The number of anilines is 1. The molecule has 2 aliphatic carbocycles. The fourth-order valence-corrected chi connectivity index (χ4v) is 7.26. The van der Waals surface area contributed by atoms with Gasteiger partial charge in [0.2, 0.25) is 5.91 Å². The van der Waals surface area contributed by atoms with Gasteiger partial charge in [-0.1, -0.05) is 12.1 Å². The number of amides is 2. The molecule has 3 aromatic heterocycles.